The molecule has 3 aromatic heterocycles. The van der Waals surface area contributed by atoms with Crippen molar-refractivity contribution < 1.29 is 4.74 Å². The van der Waals surface area contributed by atoms with Crippen LogP contribution >= 0.6 is 0 Å². The van der Waals surface area contributed by atoms with Crippen LogP contribution in [0.3, 0.4) is 0 Å². The molecule has 9 heteroatoms. The molecule has 4 aromatic rings. The predicted molar refractivity (Wildman–Crippen MR) is 94.6 cm³/mol. The molecule has 0 unspecified atom stereocenters. The molecule has 0 aliphatic carbocycles. The van der Waals surface area contributed by atoms with Crippen molar-refractivity contribution in [1.82, 2.24) is 23.5 Å². The molecule has 0 radical (unpaired) electrons. The first-order chi connectivity index (χ1) is 12.3. The summed E-state index contributed by atoms with van der Waals surface area (Å²) >= 11 is -0.175. The van der Waals surface area contributed by atoms with Crippen molar-refractivity contribution in [1.29, 1.82) is 0 Å². The van der Waals surface area contributed by atoms with E-state index in [-0.39, 0.29) is 26.3 Å². The van der Waals surface area contributed by atoms with Crippen molar-refractivity contribution in [2.75, 3.05) is 18.5 Å². The minimum absolute atomic E-state index is 0.0550. The number of anilines is 1. The van der Waals surface area contributed by atoms with Gasteiger partial charge in [-0.3, -0.25) is 0 Å². The predicted octanol–water partition coefficient (Wildman–Crippen LogP) is 0.915. The molecule has 0 bridgehead atoms. The van der Waals surface area contributed by atoms with E-state index in [0.717, 1.165) is 28.2 Å². The van der Waals surface area contributed by atoms with Crippen LogP contribution in [-0.4, -0.2) is 57.5 Å². The van der Waals surface area contributed by atoms with Gasteiger partial charge in [0, 0.05) is 0 Å². The number of nitrogens with zero attached hydrogens (tertiary/aromatic N) is 4. The third-order valence-electron chi connectivity index (χ3n) is 4.22. The Balaban J connectivity index is 1.67. The first kappa shape index (κ1) is 14.8. The van der Waals surface area contributed by atoms with Crippen LogP contribution in [0.25, 0.3) is 26.8 Å². The SMILES string of the molecule is O=c1c2ccccc2[se]n1-c1nc(N[C@H]2CCOC2)c2[nH]cnc2n1. The normalized spacial score (nSPS) is 17.5. The summed E-state index contributed by atoms with van der Waals surface area (Å²) in [6.45, 7) is 1.39. The van der Waals surface area contributed by atoms with Crippen LogP contribution in [0.5, 0.6) is 0 Å². The van der Waals surface area contributed by atoms with Crippen LogP contribution in [-0.2, 0) is 4.74 Å². The number of nitrogens with one attached hydrogen (secondary N) is 2. The fourth-order valence-electron chi connectivity index (χ4n) is 2.96. The molecule has 1 aliphatic rings. The van der Waals surface area contributed by atoms with Gasteiger partial charge in [-0.15, -0.1) is 0 Å². The van der Waals surface area contributed by atoms with Gasteiger partial charge < -0.3 is 0 Å². The van der Waals surface area contributed by atoms with Gasteiger partial charge in [0.2, 0.25) is 0 Å². The molecule has 4 heterocycles. The molecule has 2 N–H and O–H groups in total. The molecule has 1 aromatic carbocycles. The number of imidazole rings is 1. The molecule has 0 saturated carbocycles. The third kappa shape index (κ3) is 2.48. The maximum atomic E-state index is 12.7. The van der Waals surface area contributed by atoms with Gasteiger partial charge in [-0.25, -0.2) is 0 Å². The van der Waals surface area contributed by atoms with Gasteiger partial charge in [0.25, 0.3) is 0 Å². The van der Waals surface area contributed by atoms with Crippen molar-refractivity contribution in [2.24, 2.45) is 0 Å². The Morgan fingerprint density at radius 3 is 3.08 bits per heavy atom. The van der Waals surface area contributed by atoms with Crippen molar-refractivity contribution in [3.63, 3.8) is 0 Å². The average molecular weight is 401 g/mol. The summed E-state index contributed by atoms with van der Waals surface area (Å²) < 4.78 is 8.12. The molecule has 1 fully saturated rings. The van der Waals surface area contributed by atoms with E-state index >= 15 is 0 Å². The first-order valence-electron chi connectivity index (χ1n) is 7.96. The van der Waals surface area contributed by atoms with Gasteiger partial charge in [0.05, 0.1) is 0 Å². The van der Waals surface area contributed by atoms with Crippen molar-refractivity contribution >= 4 is 41.4 Å². The fourth-order valence-corrected chi connectivity index (χ4v) is 4.92. The molecular formula is C16H14N6O2Se. The quantitative estimate of drug-likeness (QED) is 0.496. The van der Waals surface area contributed by atoms with Gasteiger partial charge >= 0.3 is 147 Å². The van der Waals surface area contributed by atoms with E-state index < -0.39 is 0 Å². The second-order valence-electron chi connectivity index (χ2n) is 5.87. The Labute approximate surface area is 147 Å². The number of hydrogen-bond acceptors (Lipinski definition) is 6. The molecule has 5 rings (SSSR count). The maximum absolute atomic E-state index is 12.7. The Morgan fingerprint density at radius 1 is 1.32 bits per heavy atom. The van der Waals surface area contributed by atoms with Gasteiger partial charge in [-0.2, -0.15) is 0 Å². The van der Waals surface area contributed by atoms with Crippen molar-refractivity contribution in [3.8, 4) is 5.95 Å². The monoisotopic (exact) mass is 402 g/mol. The zero-order valence-corrected chi connectivity index (χ0v) is 14.8. The zero-order valence-electron chi connectivity index (χ0n) is 13.1. The van der Waals surface area contributed by atoms with Crippen LogP contribution in [0, 0.1) is 0 Å². The van der Waals surface area contributed by atoms with Gasteiger partial charge in [-0.1, -0.05) is 0 Å². The Morgan fingerprint density at radius 2 is 2.24 bits per heavy atom. The Bertz CT molecular complexity index is 1120. The number of ether oxygens (including phenoxy) is 1. The molecule has 1 saturated heterocycles. The molecule has 126 valence electrons. The number of rotatable bonds is 3. The van der Waals surface area contributed by atoms with E-state index in [1.54, 1.807) is 9.89 Å². The number of fused-ring (bicyclic) bond motifs is 2. The second kappa shape index (κ2) is 5.80. The Kier molecular flexibility index (Phi) is 3.44. The summed E-state index contributed by atoms with van der Waals surface area (Å²) in [5.41, 5.74) is 1.24. The molecule has 1 atom stereocenters. The first-order valence-corrected chi connectivity index (χ1v) is 9.59. The summed E-state index contributed by atoms with van der Waals surface area (Å²) in [5, 5.41) is 4.12. The third-order valence-corrected chi connectivity index (χ3v) is 6.45. The molecule has 0 amide bonds. The number of H-pyrrole nitrogens is 1. The van der Waals surface area contributed by atoms with E-state index in [4.69, 9.17) is 4.74 Å². The van der Waals surface area contributed by atoms with E-state index in [9.17, 15) is 4.79 Å². The number of hydrogen-bond donors (Lipinski definition) is 2. The molecule has 0 spiro atoms. The number of aromatic nitrogens is 5. The van der Waals surface area contributed by atoms with Crippen molar-refractivity contribution in [3.05, 3.63) is 40.9 Å². The van der Waals surface area contributed by atoms with Gasteiger partial charge in [0.15, 0.2) is 0 Å². The van der Waals surface area contributed by atoms with Gasteiger partial charge in [0.1, 0.15) is 0 Å². The van der Waals surface area contributed by atoms with E-state index in [1.165, 1.54) is 0 Å². The minimum atomic E-state index is -0.175. The zero-order chi connectivity index (χ0) is 16.8. The van der Waals surface area contributed by atoms with Gasteiger partial charge in [-0.05, 0) is 0 Å². The number of benzene rings is 1. The van der Waals surface area contributed by atoms with Crippen molar-refractivity contribution in [2.45, 2.75) is 12.5 Å². The molecule has 25 heavy (non-hydrogen) atoms. The standard InChI is InChI=1S/C16H14N6O2Se/c23-15-10-3-1-2-4-11(10)25-22(15)16-20-13-12(17-8-18-13)14(21-16)19-9-5-6-24-7-9/h1-4,8-9H,5-7H2,(H2,17,18,19,20,21)/t9-/m0/s1. The molecule has 1 aliphatic heterocycles. The van der Waals surface area contributed by atoms with E-state index in [0.29, 0.717) is 24.0 Å². The average Bonchev–Trinajstić information content (AvgIpc) is 3.35. The summed E-state index contributed by atoms with van der Waals surface area (Å²) in [5.74, 6) is 1.05. The van der Waals surface area contributed by atoms with Crippen LogP contribution < -0.4 is 10.9 Å². The number of aromatic amines is 1. The molecule has 8 nitrogen and oxygen atoms in total. The summed E-state index contributed by atoms with van der Waals surface area (Å²) in [7, 11) is 0. The van der Waals surface area contributed by atoms with Crippen LogP contribution in [0.4, 0.5) is 5.82 Å². The van der Waals surface area contributed by atoms with E-state index in [1.807, 2.05) is 24.3 Å². The summed E-state index contributed by atoms with van der Waals surface area (Å²) in [4.78, 5) is 29.1. The second-order valence-corrected chi connectivity index (χ2v) is 7.94. The topological polar surface area (TPSA) is 97.7 Å². The van der Waals surface area contributed by atoms with E-state index in [2.05, 4.69) is 25.3 Å². The Hall–Kier alpha value is -2.48. The molecular weight excluding hydrogens is 387 g/mol. The summed E-state index contributed by atoms with van der Waals surface area (Å²) in [6, 6.07) is 7.85. The van der Waals surface area contributed by atoms with Crippen LogP contribution in [0.15, 0.2) is 35.4 Å². The van der Waals surface area contributed by atoms with Crippen LogP contribution in [0.1, 0.15) is 6.42 Å². The fraction of sp³-hybridized carbons (Fsp3) is 0.250. The van der Waals surface area contributed by atoms with Crippen LogP contribution in [0.2, 0.25) is 0 Å². The summed E-state index contributed by atoms with van der Waals surface area (Å²) in [6.07, 6.45) is 2.51.